The van der Waals surface area contributed by atoms with Gasteiger partial charge in [0, 0.05) is 6.04 Å². The fourth-order valence-corrected chi connectivity index (χ4v) is 4.24. The smallest absolute Gasteiger partial charge is 0.142 e. The van der Waals surface area contributed by atoms with Crippen LogP contribution in [0.5, 0.6) is 5.75 Å². The number of rotatable bonds is 4. The summed E-state index contributed by atoms with van der Waals surface area (Å²) in [5.41, 5.74) is 3.15. The SMILES string of the molecule is CCOc1cc(C)ccc1NC1CCC2(CCCC2)CC1. The van der Waals surface area contributed by atoms with E-state index in [-0.39, 0.29) is 0 Å². The monoisotopic (exact) mass is 287 g/mol. The second kappa shape index (κ2) is 6.29. The Kier molecular flexibility index (Phi) is 4.42. The maximum Gasteiger partial charge on any atom is 0.142 e. The lowest BCUT2D eigenvalue weighted by molar-refractivity contribution is 0.188. The zero-order valence-corrected chi connectivity index (χ0v) is 13.6. The minimum absolute atomic E-state index is 0.623. The summed E-state index contributed by atoms with van der Waals surface area (Å²) < 4.78 is 5.79. The molecule has 3 rings (SSSR count). The molecule has 2 nitrogen and oxygen atoms in total. The highest BCUT2D eigenvalue weighted by atomic mass is 16.5. The second-order valence-electron chi connectivity index (χ2n) is 7.06. The topological polar surface area (TPSA) is 21.3 Å². The van der Waals surface area contributed by atoms with Crippen LogP contribution < -0.4 is 10.1 Å². The van der Waals surface area contributed by atoms with Crippen molar-refractivity contribution in [1.82, 2.24) is 0 Å². The maximum atomic E-state index is 5.79. The number of benzene rings is 1. The van der Waals surface area contributed by atoms with Crippen LogP contribution in [0.4, 0.5) is 5.69 Å². The van der Waals surface area contributed by atoms with Crippen LogP contribution in [0.25, 0.3) is 0 Å². The number of hydrogen-bond donors (Lipinski definition) is 1. The first-order valence-electron chi connectivity index (χ1n) is 8.71. The number of aryl methyl sites for hydroxylation is 1. The van der Waals surface area contributed by atoms with Crippen molar-refractivity contribution in [3.63, 3.8) is 0 Å². The molecule has 2 heteroatoms. The van der Waals surface area contributed by atoms with E-state index in [0.29, 0.717) is 11.5 Å². The van der Waals surface area contributed by atoms with Gasteiger partial charge in [-0.3, -0.25) is 0 Å². The van der Waals surface area contributed by atoms with Crippen molar-refractivity contribution in [2.75, 3.05) is 11.9 Å². The van der Waals surface area contributed by atoms with Gasteiger partial charge in [0.1, 0.15) is 5.75 Å². The molecule has 1 aromatic carbocycles. The van der Waals surface area contributed by atoms with Crippen LogP contribution >= 0.6 is 0 Å². The molecule has 0 bridgehead atoms. The lowest BCUT2D eigenvalue weighted by atomic mass is 9.71. The van der Waals surface area contributed by atoms with Crippen molar-refractivity contribution < 1.29 is 4.74 Å². The van der Waals surface area contributed by atoms with Crippen molar-refractivity contribution >= 4 is 5.69 Å². The van der Waals surface area contributed by atoms with E-state index in [0.717, 1.165) is 12.4 Å². The molecule has 1 spiro atoms. The summed E-state index contributed by atoms with van der Waals surface area (Å²) in [5.74, 6) is 1.01. The Labute approximate surface area is 129 Å². The zero-order chi connectivity index (χ0) is 14.7. The van der Waals surface area contributed by atoms with Crippen LogP contribution in [0.3, 0.4) is 0 Å². The highest BCUT2D eigenvalue weighted by molar-refractivity contribution is 5.58. The standard InChI is InChI=1S/C19H29NO/c1-3-21-18-14-15(2)6-7-17(18)20-16-8-12-19(13-9-16)10-4-5-11-19/h6-7,14,16,20H,3-5,8-13H2,1-2H3. The van der Waals surface area contributed by atoms with E-state index in [1.807, 2.05) is 0 Å². The van der Waals surface area contributed by atoms with Gasteiger partial charge in [0.2, 0.25) is 0 Å². The average Bonchev–Trinajstić information content (AvgIpc) is 2.93. The summed E-state index contributed by atoms with van der Waals surface area (Å²) in [7, 11) is 0. The molecule has 0 atom stereocenters. The molecule has 0 saturated heterocycles. The van der Waals surface area contributed by atoms with Crippen molar-refractivity contribution in [3.05, 3.63) is 23.8 Å². The molecule has 0 aromatic heterocycles. The molecule has 2 aliphatic carbocycles. The van der Waals surface area contributed by atoms with Crippen LogP contribution in [0.2, 0.25) is 0 Å². The minimum atomic E-state index is 0.623. The number of ether oxygens (including phenoxy) is 1. The highest BCUT2D eigenvalue weighted by Crippen LogP contribution is 2.49. The first-order chi connectivity index (χ1) is 10.2. The molecule has 2 aliphatic rings. The molecular formula is C19H29NO. The van der Waals surface area contributed by atoms with Crippen molar-refractivity contribution in [2.45, 2.75) is 71.3 Å². The predicted molar refractivity (Wildman–Crippen MR) is 89.1 cm³/mol. The molecular weight excluding hydrogens is 258 g/mol. The average molecular weight is 287 g/mol. The fraction of sp³-hybridized carbons (Fsp3) is 0.684. The molecule has 0 heterocycles. The normalized spacial score (nSPS) is 21.6. The third-order valence-corrected chi connectivity index (χ3v) is 5.51. The molecule has 1 aromatic rings. The van der Waals surface area contributed by atoms with Crippen LogP contribution in [0.1, 0.15) is 63.9 Å². The van der Waals surface area contributed by atoms with Gasteiger partial charge in [0.15, 0.2) is 0 Å². The molecule has 2 saturated carbocycles. The predicted octanol–water partition coefficient (Wildman–Crippen LogP) is 5.31. The van der Waals surface area contributed by atoms with Gasteiger partial charge in [-0.15, -0.1) is 0 Å². The van der Waals surface area contributed by atoms with Gasteiger partial charge in [-0.1, -0.05) is 18.9 Å². The Morgan fingerprint density at radius 2 is 1.86 bits per heavy atom. The van der Waals surface area contributed by atoms with Crippen LogP contribution in [-0.4, -0.2) is 12.6 Å². The Hall–Kier alpha value is -1.18. The molecule has 116 valence electrons. The van der Waals surface area contributed by atoms with E-state index in [1.54, 1.807) is 0 Å². The summed E-state index contributed by atoms with van der Waals surface area (Å²) in [6.07, 6.45) is 11.4. The largest absolute Gasteiger partial charge is 0.492 e. The van der Waals surface area contributed by atoms with Crippen LogP contribution in [0, 0.1) is 12.3 Å². The quantitative estimate of drug-likeness (QED) is 0.810. The van der Waals surface area contributed by atoms with Crippen molar-refractivity contribution in [1.29, 1.82) is 0 Å². The molecule has 0 radical (unpaired) electrons. The summed E-state index contributed by atoms with van der Waals surface area (Å²) in [4.78, 5) is 0. The molecule has 21 heavy (non-hydrogen) atoms. The van der Waals surface area contributed by atoms with E-state index in [9.17, 15) is 0 Å². The van der Waals surface area contributed by atoms with E-state index >= 15 is 0 Å². The van der Waals surface area contributed by atoms with E-state index in [4.69, 9.17) is 4.74 Å². The van der Waals surface area contributed by atoms with Gasteiger partial charge < -0.3 is 10.1 Å². The summed E-state index contributed by atoms with van der Waals surface area (Å²) in [5, 5.41) is 3.74. The maximum absolute atomic E-state index is 5.79. The molecule has 0 aliphatic heterocycles. The first kappa shape index (κ1) is 14.7. The first-order valence-corrected chi connectivity index (χ1v) is 8.71. The highest BCUT2D eigenvalue weighted by Gasteiger charge is 2.37. The number of hydrogen-bond acceptors (Lipinski definition) is 2. The minimum Gasteiger partial charge on any atom is -0.492 e. The second-order valence-corrected chi connectivity index (χ2v) is 7.06. The molecule has 0 unspecified atom stereocenters. The molecule has 0 amide bonds. The zero-order valence-electron chi connectivity index (χ0n) is 13.6. The van der Waals surface area contributed by atoms with Gasteiger partial charge in [0.25, 0.3) is 0 Å². The molecule has 1 N–H and O–H groups in total. The van der Waals surface area contributed by atoms with E-state index in [2.05, 4.69) is 37.4 Å². The Bertz CT molecular complexity index is 466. The fourth-order valence-electron chi connectivity index (χ4n) is 4.24. The Morgan fingerprint density at radius 1 is 1.14 bits per heavy atom. The van der Waals surface area contributed by atoms with Crippen molar-refractivity contribution in [2.24, 2.45) is 5.41 Å². The molecule has 2 fully saturated rings. The van der Waals surface area contributed by atoms with Gasteiger partial charge in [-0.25, -0.2) is 0 Å². The van der Waals surface area contributed by atoms with Gasteiger partial charge >= 0.3 is 0 Å². The third kappa shape index (κ3) is 3.36. The number of nitrogens with one attached hydrogen (secondary N) is 1. The van der Waals surface area contributed by atoms with Gasteiger partial charge in [-0.05, 0) is 75.5 Å². The van der Waals surface area contributed by atoms with Gasteiger partial charge in [0.05, 0.1) is 12.3 Å². The summed E-state index contributed by atoms with van der Waals surface area (Å²) in [6, 6.07) is 7.12. The van der Waals surface area contributed by atoms with Crippen molar-refractivity contribution in [3.8, 4) is 5.75 Å². The number of anilines is 1. The lowest BCUT2D eigenvalue weighted by Gasteiger charge is -2.38. The third-order valence-electron chi connectivity index (χ3n) is 5.51. The summed E-state index contributed by atoms with van der Waals surface area (Å²) in [6.45, 7) is 4.90. The summed E-state index contributed by atoms with van der Waals surface area (Å²) >= 11 is 0. The Balaban J connectivity index is 1.62. The lowest BCUT2D eigenvalue weighted by Crippen LogP contribution is -2.31. The van der Waals surface area contributed by atoms with E-state index < -0.39 is 0 Å². The Morgan fingerprint density at radius 3 is 2.52 bits per heavy atom. The van der Waals surface area contributed by atoms with Crippen LogP contribution in [-0.2, 0) is 0 Å². The van der Waals surface area contributed by atoms with Crippen LogP contribution in [0.15, 0.2) is 18.2 Å². The van der Waals surface area contributed by atoms with E-state index in [1.165, 1.54) is 62.6 Å². The van der Waals surface area contributed by atoms with Gasteiger partial charge in [-0.2, -0.15) is 0 Å².